The third-order valence-corrected chi connectivity index (χ3v) is 5.18. The van der Waals surface area contributed by atoms with Crippen LogP contribution in [0.25, 0.3) is 0 Å². The van der Waals surface area contributed by atoms with Crippen molar-refractivity contribution in [2.75, 3.05) is 13.7 Å². The smallest absolute Gasteiger partial charge is 0.242 e. The third-order valence-electron chi connectivity index (χ3n) is 2.51. The zero-order valence-electron chi connectivity index (χ0n) is 10.7. The van der Waals surface area contributed by atoms with Crippen molar-refractivity contribution in [2.45, 2.75) is 37.2 Å². The first kappa shape index (κ1) is 15.6. The first-order valence-electron chi connectivity index (χ1n) is 5.82. The van der Waals surface area contributed by atoms with Crippen molar-refractivity contribution >= 4 is 21.4 Å². The van der Waals surface area contributed by atoms with E-state index in [1.807, 2.05) is 6.92 Å². The number of methoxy groups -OCH3 is 1. The molecule has 1 atom stereocenters. The number of sulfonamides is 1. The summed E-state index contributed by atoms with van der Waals surface area (Å²) in [6.45, 7) is 2.61. The molecule has 0 aliphatic heterocycles. The number of hydrogen-bond donors (Lipinski definition) is 2. The molecule has 0 aromatic carbocycles. The number of nitrogens with two attached hydrogens (primary N) is 1. The van der Waals surface area contributed by atoms with Crippen molar-refractivity contribution in [2.24, 2.45) is 5.73 Å². The Morgan fingerprint density at radius 2 is 2.28 bits per heavy atom. The summed E-state index contributed by atoms with van der Waals surface area (Å²) >= 11 is 1.35. The van der Waals surface area contributed by atoms with E-state index in [9.17, 15) is 8.42 Å². The summed E-state index contributed by atoms with van der Waals surface area (Å²) in [7, 11) is -1.94. The minimum atomic E-state index is -3.50. The molecule has 0 amide bonds. The molecule has 1 aromatic heterocycles. The number of rotatable bonds is 8. The van der Waals surface area contributed by atoms with Gasteiger partial charge in [0, 0.05) is 24.6 Å². The second kappa shape index (κ2) is 7.20. The van der Waals surface area contributed by atoms with Crippen LogP contribution in [-0.4, -0.2) is 28.2 Å². The fourth-order valence-electron chi connectivity index (χ4n) is 1.73. The average molecular weight is 292 g/mol. The predicted octanol–water partition coefficient (Wildman–Crippen LogP) is 1.30. The Hall–Kier alpha value is -0.470. The van der Waals surface area contributed by atoms with Crippen molar-refractivity contribution in [3.05, 3.63) is 16.3 Å². The lowest BCUT2D eigenvalue weighted by Crippen LogP contribution is -2.38. The van der Waals surface area contributed by atoms with Crippen molar-refractivity contribution in [1.29, 1.82) is 0 Å². The molecular formula is C11H20N2O3S2. The average Bonchev–Trinajstić information content (AvgIpc) is 2.78. The van der Waals surface area contributed by atoms with Gasteiger partial charge in [-0.15, -0.1) is 11.3 Å². The zero-order chi connectivity index (χ0) is 13.6. The fourth-order valence-corrected chi connectivity index (χ4v) is 4.32. The van der Waals surface area contributed by atoms with Gasteiger partial charge in [0.1, 0.15) is 0 Å². The summed E-state index contributed by atoms with van der Waals surface area (Å²) in [6.07, 6.45) is 1.64. The molecule has 0 saturated carbocycles. The van der Waals surface area contributed by atoms with Crippen LogP contribution in [0.5, 0.6) is 0 Å². The van der Waals surface area contributed by atoms with Crippen LogP contribution in [0.3, 0.4) is 0 Å². The van der Waals surface area contributed by atoms with Gasteiger partial charge in [-0.1, -0.05) is 13.3 Å². The minimum absolute atomic E-state index is 0.199. The lowest BCUT2D eigenvalue weighted by molar-refractivity contribution is 0.171. The second-order valence-electron chi connectivity index (χ2n) is 3.97. The maximum atomic E-state index is 12.2. The highest BCUT2D eigenvalue weighted by Crippen LogP contribution is 2.21. The van der Waals surface area contributed by atoms with E-state index in [2.05, 4.69) is 4.72 Å². The summed E-state index contributed by atoms with van der Waals surface area (Å²) in [4.78, 5) is 0.961. The van der Waals surface area contributed by atoms with Crippen LogP contribution in [0.1, 0.15) is 24.6 Å². The lowest BCUT2D eigenvalue weighted by atomic mass is 10.2. The molecule has 1 heterocycles. The number of ether oxygens (including phenoxy) is 1. The van der Waals surface area contributed by atoms with E-state index >= 15 is 0 Å². The Morgan fingerprint density at radius 3 is 2.83 bits per heavy atom. The molecule has 0 aliphatic rings. The van der Waals surface area contributed by atoms with E-state index in [-0.39, 0.29) is 17.5 Å². The Labute approximate surface area is 112 Å². The first-order valence-corrected chi connectivity index (χ1v) is 8.19. The summed E-state index contributed by atoms with van der Waals surface area (Å²) < 4.78 is 32.1. The van der Waals surface area contributed by atoms with Gasteiger partial charge >= 0.3 is 0 Å². The van der Waals surface area contributed by atoms with Crippen LogP contribution in [0, 0.1) is 0 Å². The summed E-state index contributed by atoms with van der Waals surface area (Å²) in [6, 6.07) is 1.39. The maximum Gasteiger partial charge on any atom is 0.242 e. The topological polar surface area (TPSA) is 81.4 Å². The van der Waals surface area contributed by atoms with Crippen LogP contribution in [0.4, 0.5) is 0 Å². The molecule has 3 N–H and O–H groups in total. The van der Waals surface area contributed by atoms with Gasteiger partial charge in [-0.25, -0.2) is 13.1 Å². The van der Waals surface area contributed by atoms with Crippen molar-refractivity contribution in [1.82, 2.24) is 4.72 Å². The van der Waals surface area contributed by atoms with Crippen LogP contribution >= 0.6 is 11.3 Å². The molecule has 0 fully saturated rings. The molecule has 1 rings (SSSR count). The molecule has 7 heteroatoms. The van der Waals surface area contributed by atoms with Crippen molar-refractivity contribution in [3.63, 3.8) is 0 Å². The SMILES string of the molecule is CCCC(COC)NS(=O)(=O)c1ccsc1CN. The van der Waals surface area contributed by atoms with E-state index in [4.69, 9.17) is 10.5 Å². The lowest BCUT2D eigenvalue weighted by Gasteiger charge is -2.17. The molecule has 104 valence electrons. The van der Waals surface area contributed by atoms with E-state index in [1.54, 1.807) is 18.6 Å². The Bertz CT molecular complexity index is 451. The summed E-state index contributed by atoms with van der Waals surface area (Å²) in [5, 5.41) is 1.74. The highest BCUT2D eigenvalue weighted by Gasteiger charge is 2.22. The van der Waals surface area contributed by atoms with Crippen LogP contribution in [-0.2, 0) is 21.3 Å². The fraction of sp³-hybridized carbons (Fsp3) is 0.636. The molecule has 0 saturated heterocycles. The molecule has 18 heavy (non-hydrogen) atoms. The molecule has 5 nitrogen and oxygen atoms in total. The van der Waals surface area contributed by atoms with Gasteiger partial charge in [-0.3, -0.25) is 0 Å². The van der Waals surface area contributed by atoms with Gasteiger partial charge in [0.25, 0.3) is 0 Å². The van der Waals surface area contributed by atoms with E-state index < -0.39 is 10.0 Å². The summed E-state index contributed by atoms with van der Waals surface area (Å²) in [5.41, 5.74) is 5.53. The van der Waals surface area contributed by atoms with Crippen LogP contribution in [0.2, 0.25) is 0 Å². The van der Waals surface area contributed by atoms with E-state index in [1.165, 1.54) is 11.3 Å². The Morgan fingerprint density at radius 1 is 1.56 bits per heavy atom. The maximum absolute atomic E-state index is 12.2. The van der Waals surface area contributed by atoms with Crippen molar-refractivity contribution in [3.8, 4) is 0 Å². The number of nitrogens with one attached hydrogen (secondary N) is 1. The predicted molar refractivity (Wildman–Crippen MR) is 73.1 cm³/mol. The Kier molecular flexibility index (Phi) is 6.24. The minimum Gasteiger partial charge on any atom is -0.383 e. The van der Waals surface area contributed by atoms with Gasteiger partial charge < -0.3 is 10.5 Å². The van der Waals surface area contributed by atoms with Gasteiger partial charge in [0.15, 0.2) is 0 Å². The van der Waals surface area contributed by atoms with Crippen LogP contribution in [0.15, 0.2) is 16.3 Å². The molecule has 0 bridgehead atoms. The van der Waals surface area contributed by atoms with Gasteiger partial charge in [-0.2, -0.15) is 0 Å². The highest BCUT2D eigenvalue weighted by atomic mass is 32.2. The van der Waals surface area contributed by atoms with Gasteiger partial charge in [0.2, 0.25) is 10.0 Å². The van der Waals surface area contributed by atoms with E-state index in [0.29, 0.717) is 11.5 Å². The highest BCUT2D eigenvalue weighted by molar-refractivity contribution is 7.89. The molecule has 0 aliphatic carbocycles. The largest absolute Gasteiger partial charge is 0.383 e. The quantitative estimate of drug-likeness (QED) is 0.756. The Balaban J connectivity index is 2.86. The monoisotopic (exact) mass is 292 g/mol. The standard InChI is InChI=1S/C11H20N2O3S2/c1-3-4-9(8-16-2)13-18(14,15)11-5-6-17-10(11)7-12/h5-6,9,13H,3-4,7-8,12H2,1-2H3. The number of hydrogen-bond acceptors (Lipinski definition) is 5. The van der Waals surface area contributed by atoms with Gasteiger partial charge in [-0.05, 0) is 17.9 Å². The molecule has 0 spiro atoms. The molecule has 1 aromatic rings. The first-order chi connectivity index (χ1) is 8.55. The normalized spacial score (nSPS) is 13.7. The van der Waals surface area contributed by atoms with Gasteiger partial charge in [0.05, 0.1) is 11.5 Å². The zero-order valence-corrected chi connectivity index (χ0v) is 12.3. The van der Waals surface area contributed by atoms with Crippen molar-refractivity contribution < 1.29 is 13.2 Å². The molecule has 1 unspecified atom stereocenters. The van der Waals surface area contributed by atoms with E-state index in [0.717, 1.165) is 12.8 Å². The molecule has 0 radical (unpaired) electrons. The van der Waals surface area contributed by atoms with Crippen LogP contribution < -0.4 is 10.5 Å². The number of thiophene rings is 1. The summed E-state index contributed by atoms with van der Waals surface area (Å²) in [5.74, 6) is 0. The third kappa shape index (κ3) is 4.03. The molecular weight excluding hydrogens is 272 g/mol. The second-order valence-corrected chi connectivity index (χ2v) is 6.66.